The summed E-state index contributed by atoms with van der Waals surface area (Å²) in [4.78, 5) is 13.8. The minimum atomic E-state index is -0.274. The van der Waals surface area contributed by atoms with Crippen molar-refractivity contribution >= 4 is 11.6 Å². The van der Waals surface area contributed by atoms with Crippen LogP contribution < -0.4 is 15.5 Å². The van der Waals surface area contributed by atoms with E-state index in [4.69, 9.17) is 0 Å². The zero-order valence-corrected chi connectivity index (χ0v) is 12.9. The normalized spacial score (nSPS) is 19.0. The third-order valence-corrected chi connectivity index (χ3v) is 3.76. The third kappa shape index (κ3) is 3.73. The first-order valence-electron chi connectivity index (χ1n) is 7.53. The summed E-state index contributed by atoms with van der Waals surface area (Å²) in [5, 5.41) is 6.11. The quantitative estimate of drug-likeness (QED) is 0.871. The van der Waals surface area contributed by atoms with Gasteiger partial charge in [0.1, 0.15) is 11.9 Å². The predicted octanol–water partition coefficient (Wildman–Crippen LogP) is 1.90. The van der Waals surface area contributed by atoms with Gasteiger partial charge in [-0.1, -0.05) is 19.9 Å². The maximum Gasteiger partial charge on any atom is 0.242 e. The van der Waals surface area contributed by atoms with Crippen molar-refractivity contribution < 1.29 is 9.18 Å². The van der Waals surface area contributed by atoms with E-state index in [0.717, 1.165) is 12.2 Å². The van der Waals surface area contributed by atoms with Crippen LogP contribution in [0.1, 0.15) is 26.3 Å². The fraction of sp³-hybridized carbons (Fsp3) is 0.562. The minimum absolute atomic E-state index is 0.00778. The van der Waals surface area contributed by atoms with Crippen LogP contribution in [0.5, 0.6) is 0 Å². The monoisotopic (exact) mass is 293 g/mol. The van der Waals surface area contributed by atoms with E-state index < -0.39 is 0 Å². The second kappa shape index (κ2) is 6.89. The number of benzene rings is 1. The molecule has 1 aromatic carbocycles. The van der Waals surface area contributed by atoms with Crippen molar-refractivity contribution in [3.05, 3.63) is 29.6 Å². The molecule has 21 heavy (non-hydrogen) atoms. The molecule has 1 amide bonds. The van der Waals surface area contributed by atoms with Crippen LogP contribution in [0.4, 0.5) is 10.1 Å². The standard InChI is InChI=1S/C16H24FN3O/c1-11(2)9-18-10-13-14(17)5-4-6-15(13)20-8-7-19-16(21)12(20)3/h4-6,11-12,18H,7-10H2,1-3H3,(H,19,21). The highest BCUT2D eigenvalue weighted by Crippen LogP contribution is 2.26. The fourth-order valence-corrected chi connectivity index (χ4v) is 2.59. The summed E-state index contributed by atoms with van der Waals surface area (Å²) in [6, 6.07) is 4.80. The lowest BCUT2D eigenvalue weighted by molar-refractivity contribution is -0.122. The molecule has 1 unspecified atom stereocenters. The first-order valence-corrected chi connectivity index (χ1v) is 7.53. The van der Waals surface area contributed by atoms with Gasteiger partial charge in [-0.15, -0.1) is 0 Å². The Morgan fingerprint density at radius 1 is 1.48 bits per heavy atom. The molecule has 0 aliphatic carbocycles. The molecule has 1 aliphatic heterocycles. The minimum Gasteiger partial charge on any atom is -0.358 e. The number of rotatable bonds is 5. The van der Waals surface area contributed by atoms with Gasteiger partial charge in [-0.3, -0.25) is 4.79 Å². The Balaban J connectivity index is 2.22. The summed E-state index contributed by atoms with van der Waals surface area (Å²) in [5.41, 5.74) is 1.45. The van der Waals surface area contributed by atoms with Crippen molar-refractivity contribution in [2.24, 2.45) is 5.92 Å². The zero-order chi connectivity index (χ0) is 15.4. The summed E-state index contributed by atoms with van der Waals surface area (Å²) in [7, 11) is 0. The molecule has 116 valence electrons. The average Bonchev–Trinajstić information content (AvgIpc) is 2.43. The Hall–Kier alpha value is -1.62. The lowest BCUT2D eigenvalue weighted by Crippen LogP contribution is -2.54. The molecule has 0 radical (unpaired) electrons. The second-order valence-corrected chi connectivity index (χ2v) is 5.92. The fourth-order valence-electron chi connectivity index (χ4n) is 2.59. The number of carbonyl (C=O) groups excluding carboxylic acids is 1. The van der Waals surface area contributed by atoms with Crippen LogP contribution in [-0.2, 0) is 11.3 Å². The van der Waals surface area contributed by atoms with Gasteiger partial charge >= 0.3 is 0 Å². The zero-order valence-electron chi connectivity index (χ0n) is 12.9. The molecule has 1 heterocycles. The molecule has 1 saturated heterocycles. The molecule has 0 saturated carbocycles. The first kappa shape index (κ1) is 15.8. The number of amides is 1. The number of hydrogen-bond donors (Lipinski definition) is 2. The van der Waals surface area contributed by atoms with Gasteiger partial charge in [-0.2, -0.15) is 0 Å². The van der Waals surface area contributed by atoms with Crippen LogP contribution in [-0.4, -0.2) is 31.6 Å². The molecule has 1 fully saturated rings. The number of halogens is 1. The van der Waals surface area contributed by atoms with Crippen LogP contribution in [0.2, 0.25) is 0 Å². The van der Waals surface area contributed by atoms with E-state index >= 15 is 0 Å². The van der Waals surface area contributed by atoms with E-state index in [1.54, 1.807) is 6.07 Å². The van der Waals surface area contributed by atoms with Gasteiger partial charge in [0, 0.05) is 30.9 Å². The van der Waals surface area contributed by atoms with Crippen molar-refractivity contribution in [2.45, 2.75) is 33.4 Å². The second-order valence-electron chi connectivity index (χ2n) is 5.92. The van der Waals surface area contributed by atoms with Crippen LogP contribution in [0.15, 0.2) is 18.2 Å². The number of hydrogen-bond acceptors (Lipinski definition) is 3. The predicted molar refractivity (Wildman–Crippen MR) is 82.8 cm³/mol. The Kier molecular flexibility index (Phi) is 5.17. The van der Waals surface area contributed by atoms with Crippen molar-refractivity contribution in [1.82, 2.24) is 10.6 Å². The molecule has 1 aliphatic rings. The highest BCUT2D eigenvalue weighted by Gasteiger charge is 2.27. The number of nitrogens with one attached hydrogen (secondary N) is 2. The van der Waals surface area contributed by atoms with Crippen molar-refractivity contribution in [2.75, 3.05) is 24.5 Å². The number of anilines is 1. The largest absolute Gasteiger partial charge is 0.358 e. The van der Waals surface area contributed by atoms with Crippen LogP contribution >= 0.6 is 0 Å². The summed E-state index contributed by atoms with van der Waals surface area (Å²) < 4.78 is 14.2. The third-order valence-electron chi connectivity index (χ3n) is 3.76. The smallest absolute Gasteiger partial charge is 0.242 e. The Bertz CT molecular complexity index is 504. The molecular formula is C16H24FN3O. The van der Waals surface area contributed by atoms with Crippen molar-refractivity contribution in [3.63, 3.8) is 0 Å². The topological polar surface area (TPSA) is 44.4 Å². The van der Waals surface area contributed by atoms with Gasteiger partial charge in [0.25, 0.3) is 0 Å². The van der Waals surface area contributed by atoms with Gasteiger partial charge in [0.15, 0.2) is 0 Å². The highest BCUT2D eigenvalue weighted by molar-refractivity contribution is 5.86. The number of carbonyl (C=O) groups is 1. The summed E-state index contributed by atoms with van der Waals surface area (Å²) >= 11 is 0. The molecule has 0 bridgehead atoms. The Morgan fingerprint density at radius 2 is 2.24 bits per heavy atom. The van der Waals surface area contributed by atoms with Gasteiger partial charge in [0.2, 0.25) is 5.91 Å². The molecule has 2 N–H and O–H groups in total. The maximum absolute atomic E-state index is 14.2. The number of nitrogens with zero attached hydrogens (tertiary/aromatic N) is 1. The molecular weight excluding hydrogens is 269 g/mol. The van der Waals surface area contributed by atoms with Crippen molar-refractivity contribution in [1.29, 1.82) is 0 Å². The summed E-state index contributed by atoms with van der Waals surface area (Å²) in [5.74, 6) is 0.286. The van der Waals surface area contributed by atoms with E-state index in [0.29, 0.717) is 31.1 Å². The lowest BCUT2D eigenvalue weighted by Gasteiger charge is -2.36. The van der Waals surface area contributed by atoms with Crippen LogP contribution in [0.25, 0.3) is 0 Å². The summed E-state index contributed by atoms with van der Waals surface area (Å²) in [6.07, 6.45) is 0. The lowest BCUT2D eigenvalue weighted by atomic mass is 10.1. The highest BCUT2D eigenvalue weighted by atomic mass is 19.1. The maximum atomic E-state index is 14.2. The SMILES string of the molecule is CC(C)CNCc1c(F)cccc1N1CCNC(=O)C1C. The molecule has 0 aromatic heterocycles. The van der Waals surface area contributed by atoms with Gasteiger partial charge < -0.3 is 15.5 Å². The molecule has 0 spiro atoms. The van der Waals surface area contributed by atoms with E-state index in [-0.39, 0.29) is 17.8 Å². The Morgan fingerprint density at radius 3 is 2.95 bits per heavy atom. The molecule has 2 rings (SSSR count). The Labute approximate surface area is 125 Å². The van der Waals surface area contributed by atoms with E-state index in [2.05, 4.69) is 24.5 Å². The van der Waals surface area contributed by atoms with Gasteiger partial charge in [-0.05, 0) is 31.5 Å². The van der Waals surface area contributed by atoms with E-state index in [1.807, 2.05) is 17.9 Å². The van der Waals surface area contributed by atoms with Crippen LogP contribution in [0, 0.1) is 11.7 Å². The van der Waals surface area contributed by atoms with E-state index in [9.17, 15) is 9.18 Å². The average molecular weight is 293 g/mol. The van der Waals surface area contributed by atoms with Crippen molar-refractivity contribution in [3.8, 4) is 0 Å². The van der Waals surface area contributed by atoms with Crippen LogP contribution in [0.3, 0.4) is 0 Å². The molecule has 1 atom stereocenters. The number of piperazine rings is 1. The van der Waals surface area contributed by atoms with E-state index in [1.165, 1.54) is 6.07 Å². The molecule has 4 nitrogen and oxygen atoms in total. The molecule has 5 heteroatoms. The molecule has 1 aromatic rings. The van der Waals surface area contributed by atoms with Gasteiger partial charge in [0.05, 0.1) is 0 Å². The van der Waals surface area contributed by atoms with Gasteiger partial charge in [-0.25, -0.2) is 4.39 Å². The first-order chi connectivity index (χ1) is 10.0. The summed E-state index contributed by atoms with van der Waals surface area (Å²) in [6.45, 7) is 8.70.